The van der Waals surface area contributed by atoms with E-state index in [9.17, 15) is 0 Å². The lowest BCUT2D eigenvalue weighted by Crippen LogP contribution is -2.28. The monoisotopic (exact) mass is 540 g/mol. The Balaban J connectivity index is 1.38. The number of hydrogen-bond donors (Lipinski definition) is 0. The quantitative estimate of drug-likeness (QED) is 0.290. The van der Waals surface area contributed by atoms with Crippen molar-refractivity contribution in [3.8, 4) is 22.6 Å². The van der Waals surface area contributed by atoms with Gasteiger partial charge in [-0.3, -0.25) is 0 Å². The van der Waals surface area contributed by atoms with E-state index >= 15 is 0 Å². The molecule has 3 heteroatoms. The van der Waals surface area contributed by atoms with Crippen molar-refractivity contribution in [2.75, 3.05) is 14.2 Å². The topological polar surface area (TPSA) is 18.5 Å². The predicted octanol–water partition coefficient (Wildman–Crippen LogP) is 9.03. The van der Waals surface area contributed by atoms with Crippen LogP contribution >= 0.6 is 7.92 Å². The Labute approximate surface area is 237 Å². The first kappa shape index (κ1) is 26.9. The molecule has 39 heavy (non-hydrogen) atoms. The lowest BCUT2D eigenvalue weighted by Gasteiger charge is -2.40. The molecule has 0 atom stereocenters. The summed E-state index contributed by atoms with van der Waals surface area (Å²) in [5, 5.41) is 1.79. The number of rotatable bonds is 6. The first-order valence-corrected chi connectivity index (χ1v) is 17.0. The Bertz CT molecular complexity index is 1230. The Kier molecular flexibility index (Phi) is 8.60. The molecule has 9 rings (SSSR count). The van der Waals surface area contributed by atoms with Crippen molar-refractivity contribution in [3.63, 3.8) is 0 Å². The van der Waals surface area contributed by atoms with Gasteiger partial charge in [0.25, 0.3) is 0 Å². The van der Waals surface area contributed by atoms with Crippen molar-refractivity contribution in [1.82, 2.24) is 0 Å². The third-order valence-electron chi connectivity index (χ3n) is 9.60. The van der Waals surface area contributed by atoms with Gasteiger partial charge in [0.1, 0.15) is 11.5 Å². The maximum Gasteiger partial charge on any atom is 0.130 e. The molecule has 3 aromatic carbocycles. The third kappa shape index (κ3) is 5.78. The second-order valence-corrected chi connectivity index (χ2v) is 14.7. The Morgan fingerprint density at radius 1 is 0.590 bits per heavy atom. The van der Waals surface area contributed by atoms with Crippen molar-refractivity contribution >= 4 is 13.2 Å². The average molecular weight is 541 g/mol. The van der Waals surface area contributed by atoms with Gasteiger partial charge in [0.05, 0.1) is 19.8 Å². The number of aryl methyl sites for hydroxylation is 4. The lowest BCUT2D eigenvalue weighted by molar-refractivity contribution is 0.397. The van der Waals surface area contributed by atoms with E-state index in [2.05, 4.69) is 48.5 Å². The lowest BCUT2D eigenvalue weighted by atomic mass is 9.89. The summed E-state index contributed by atoms with van der Waals surface area (Å²) in [5.41, 5.74) is 10.2. The van der Waals surface area contributed by atoms with Crippen LogP contribution in [0.4, 0.5) is 0 Å². The molecule has 0 amide bonds. The zero-order valence-electron chi connectivity index (χ0n) is 24.0. The van der Waals surface area contributed by atoms with E-state index in [-0.39, 0.29) is 7.92 Å². The maximum atomic E-state index is 5.83. The van der Waals surface area contributed by atoms with Crippen molar-refractivity contribution in [3.05, 3.63) is 76.9 Å². The predicted molar refractivity (Wildman–Crippen MR) is 167 cm³/mol. The summed E-state index contributed by atoms with van der Waals surface area (Å²) in [6.45, 7) is 0. The summed E-state index contributed by atoms with van der Waals surface area (Å²) in [6, 6.07) is 21.0. The van der Waals surface area contributed by atoms with E-state index in [1.165, 1.54) is 86.5 Å². The van der Waals surface area contributed by atoms with Crippen LogP contribution in [0.2, 0.25) is 0 Å². The molecule has 0 aromatic heterocycles. The van der Waals surface area contributed by atoms with Crippen LogP contribution in [0.15, 0.2) is 54.6 Å². The first-order valence-electron chi connectivity index (χ1n) is 15.5. The van der Waals surface area contributed by atoms with Gasteiger partial charge in [-0.15, -0.1) is 0 Å². The summed E-state index contributed by atoms with van der Waals surface area (Å²) < 4.78 is 11.7. The van der Waals surface area contributed by atoms with Gasteiger partial charge in [-0.2, -0.15) is 0 Å². The van der Waals surface area contributed by atoms with Crippen LogP contribution in [-0.4, -0.2) is 25.5 Å². The molecular formula is C36H45O2P. The largest absolute Gasteiger partial charge is 0.496 e. The standard InChI is InChI=1S/C36H45O2P/c1-37-33-14-9-15-34(38-2)36(33)32-24-26-16-20-28(32)21-17-27-19-23-29(22-18-26)35(25-27)39(30-10-5-3-6-11-30)31-12-7-4-8-13-31/h9,14-16,19-20,23-25,30-31H,3-8,10-13,17-18,21-22H2,1-2H3. The molecule has 3 aromatic rings. The molecule has 0 heterocycles. The number of benzene rings is 3. The molecule has 4 bridgehead atoms. The Morgan fingerprint density at radius 3 is 1.72 bits per heavy atom. The van der Waals surface area contributed by atoms with Gasteiger partial charge in [-0.05, 0) is 108 Å². The fourth-order valence-electron chi connectivity index (χ4n) is 7.53. The van der Waals surface area contributed by atoms with Crippen LogP contribution in [-0.2, 0) is 25.7 Å². The van der Waals surface area contributed by atoms with Crippen LogP contribution in [0.5, 0.6) is 11.5 Å². The molecule has 0 N–H and O–H groups in total. The van der Waals surface area contributed by atoms with E-state index in [1.54, 1.807) is 25.1 Å². The molecule has 2 saturated carbocycles. The summed E-state index contributed by atoms with van der Waals surface area (Å²) in [4.78, 5) is 0. The molecule has 6 aliphatic carbocycles. The summed E-state index contributed by atoms with van der Waals surface area (Å²) in [6.07, 6.45) is 18.9. The summed E-state index contributed by atoms with van der Waals surface area (Å²) in [7, 11) is 3.44. The van der Waals surface area contributed by atoms with Crippen molar-refractivity contribution in [2.45, 2.75) is 101 Å². The zero-order valence-corrected chi connectivity index (χ0v) is 24.9. The van der Waals surface area contributed by atoms with Gasteiger partial charge in [-0.25, -0.2) is 0 Å². The Hall–Kier alpha value is -2.31. The van der Waals surface area contributed by atoms with Crippen molar-refractivity contribution < 1.29 is 9.47 Å². The van der Waals surface area contributed by atoms with Crippen molar-refractivity contribution in [1.29, 1.82) is 0 Å². The average Bonchev–Trinajstić information content (AvgIpc) is 2.99. The number of hydrogen-bond acceptors (Lipinski definition) is 2. The van der Waals surface area contributed by atoms with Crippen LogP contribution in [0.3, 0.4) is 0 Å². The highest BCUT2D eigenvalue weighted by Crippen LogP contribution is 2.55. The van der Waals surface area contributed by atoms with Gasteiger partial charge < -0.3 is 9.47 Å². The molecule has 0 unspecified atom stereocenters. The van der Waals surface area contributed by atoms with Gasteiger partial charge >= 0.3 is 0 Å². The SMILES string of the molecule is COc1cccc(OC)c1-c1cc2ccc1CCc1ccc(c(P(C3CCCCC3)C3CCCCC3)c1)CC2. The van der Waals surface area contributed by atoms with E-state index in [0.29, 0.717) is 0 Å². The zero-order chi connectivity index (χ0) is 26.6. The molecule has 206 valence electrons. The van der Waals surface area contributed by atoms with Gasteiger partial charge in [0.2, 0.25) is 0 Å². The molecule has 0 radical (unpaired) electrons. The van der Waals surface area contributed by atoms with Crippen LogP contribution in [0, 0.1) is 0 Å². The van der Waals surface area contributed by atoms with Gasteiger partial charge in [0, 0.05) is 0 Å². The fourth-order valence-corrected chi connectivity index (χ4v) is 11.6. The highest BCUT2D eigenvalue weighted by molar-refractivity contribution is 7.67. The minimum atomic E-state index is -0.0907. The van der Waals surface area contributed by atoms with Crippen LogP contribution < -0.4 is 14.8 Å². The van der Waals surface area contributed by atoms with Gasteiger partial charge in [0.15, 0.2) is 0 Å². The van der Waals surface area contributed by atoms with Crippen molar-refractivity contribution in [2.24, 2.45) is 0 Å². The smallest absolute Gasteiger partial charge is 0.130 e. The Morgan fingerprint density at radius 2 is 1.13 bits per heavy atom. The van der Waals surface area contributed by atoms with E-state index in [1.807, 2.05) is 6.07 Å². The van der Waals surface area contributed by atoms with Gasteiger partial charge in [-0.1, -0.05) is 88.9 Å². The summed E-state index contributed by atoms with van der Waals surface area (Å²) >= 11 is 0. The van der Waals surface area contributed by atoms with E-state index < -0.39 is 0 Å². The molecule has 2 nitrogen and oxygen atoms in total. The minimum absolute atomic E-state index is 0.0907. The maximum absolute atomic E-state index is 5.83. The normalized spacial score (nSPS) is 18.6. The molecule has 2 fully saturated rings. The molecule has 0 spiro atoms. The fraction of sp³-hybridized carbons (Fsp3) is 0.500. The molecule has 0 aliphatic heterocycles. The summed E-state index contributed by atoms with van der Waals surface area (Å²) in [5.74, 6) is 1.77. The second-order valence-electron chi connectivity index (χ2n) is 12.0. The molecule has 0 saturated heterocycles. The number of ether oxygens (including phenoxy) is 2. The number of methoxy groups -OCH3 is 2. The highest BCUT2D eigenvalue weighted by Gasteiger charge is 2.33. The molecular weight excluding hydrogens is 495 g/mol. The first-order chi connectivity index (χ1) is 19.2. The minimum Gasteiger partial charge on any atom is -0.496 e. The van der Waals surface area contributed by atoms with Crippen LogP contribution in [0.25, 0.3) is 11.1 Å². The molecule has 6 aliphatic rings. The van der Waals surface area contributed by atoms with E-state index in [0.717, 1.165) is 54.1 Å². The third-order valence-corrected chi connectivity index (χ3v) is 13.2. The second kappa shape index (κ2) is 12.5. The highest BCUT2D eigenvalue weighted by atomic mass is 31.1. The van der Waals surface area contributed by atoms with E-state index in [4.69, 9.17) is 9.47 Å². The van der Waals surface area contributed by atoms with Crippen LogP contribution in [0.1, 0.15) is 86.5 Å².